The van der Waals surface area contributed by atoms with Crippen molar-refractivity contribution in [3.8, 4) is 11.5 Å². The number of aliphatic carboxylic acids is 1. The molecule has 2 aliphatic carbocycles. The number of urea groups is 1. The molecule has 0 aromatic heterocycles. The smallest absolute Gasteiger partial charge is 0.329 e. The Morgan fingerprint density at radius 3 is 2.48 bits per heavy atom. The van der Waals surface area contributed by atoms with Gasteiger partial charge in [-0.3, -0.25) is 0 Å². The molecular weight excluding hydrogens is 536 g/mol. The van der Waals surface area contributed by atoms with E-state index >= 15 is 0 Å². The van der Waals surface area contributed by atoms with E-state index in [2.05, 4.69) is 11.4 Å². The molecule has 10 heteroatoms. The highest BCUT2D eigenvalue weighted by atomic mass is 35.5. The van der Waals surface area contributed by atoms with Crippen molar-refractivity contribution in [3.63, 3.8) is 0 Å². The van der Waals surface area contributed by atoms with Crippen molar-refractivity contribution < 1.29 is 33.6 Å². The summed E-state index contributed by atoms with van der Waals surface area (Å²) in [5, 5.41) is 13.1. The first-order chi connectivity index (χ1) is 19.2. The Morgan fingerprint density at radius 1 is 1.20 bits per heavy atom. The minimum absolute atomic E-state index is 0.193. The average Bonchev–Trinajstić information content (AvgIpc) is 3.76. The van der Waals surface area contributed by atoms with E-state index in [1.807, 2.05) is 50.2 Å². The predicted octanol–water partition coefficient (Wildman–Crippen LogP) is 5.46. The van der Waals surface area contributed by atoms with Crippen molar-refractivity contribution in [2.24, 2.45) is 0 Å². The Morgan fingerprint density at radius 2 is 1.90 bits per heavy atom. The fraction of sp³-hybridized carbons (Fsp3) is 0.467. The summed E-state index contributed by atoms with van der Waals surface area (Å²) in [5.74, 6) is -0.0193. The monoisotopic (exact) mass is 572 g/mol. The SMILES string of the molecule is CCO[C@H]1C[C@@](NC(=O)N(CCOCc2ccccc2)[C@H](C)c2cc(OC)c(C3=CC3)c(OC)c2Cl)(C(=O)O)C1. The summed E-state index contributed by atoms with van der Waals surface area (Å²) in [6.07, 6.45) is 3.06. The van der Waals surface area contributed by atoms with Gasteiger partial charge in [0.2, 0.25) is 0 Å². The van der Waals surface area contributed by atoms with E-state index in [0.29, 0.717) is 35.3 Å². The summed E-state index contributed by atoms with van der Waals surface area (Å²) in [4.78, 5) is 27.5. The van der Waals surface area contributed by atoms with Gasteiger partial charge < -0.3 is 34.3 Å². The van der Waals surface area contributed by atoms with Crippen LogP contribution in [0, 0.1) is 0 Å². The van der Waals surface area contributed by atoms with Gasteiger partial charge in [-0.2, -0.15) is 0 Å². The molecule has 0 aliphatic heterocycles. The first kappa shape index (κ1) is 29.7. The Balaban J connectivity index is 1.59. The molecule has 0 unspecified atom stereocenters. The van der Waals surface area contributed by atoms with E-state index in [-0.39, 0.29) is 32.1 Å². The molecule has 1 fully saturated rings. The van der Waals surface area contributed by atoms with Crippen molar-refractivity contribution in [3.05, 3.63) is 64.2 Å². The lowest BCUT2D eigenvalue weighted by Gasteiger charge is -2.45. The Labute approximate surface area is 240 Å². The topological polar surface area (TPSA) is 107 Å². The molecule has 4 rings (SSSR count). The molecule has 40 heavy (non-hydrogen) atoms. The van der Waals surface area contributed by atoms with E-state index in [0.717, 1.165) is 23.1 Å². The molecule has 1 atom stereocenters. The number of hydrogen-bond acceptors (Lipinski definition) is 6. The lowest BCUT2D eigenvalue weighted by molar-refractivity contribution is -0.156. The van der Waals surface area contributed by atoms with Crippen LogP contribution in [0.4, 0.5) is 4.79 Å². The van der Waals surface area contributed by atoms with Gasteiger partial charge in [0.05, 0.1) is 50.2 Å². The van der Waals surface area contributed by atoms with E-state index in [1.165, 1.54) is 0 Å². The zero-order chi connectivity index (χ0) is 28.9. The molecule has 0 radical (unpaired) electrons. The third-order valence-electron chi connectivity index (χ3n) is 7.44. The van der Waals surface area contributed by atoms with Crippen molar-refractivity contribution in [1.82, 2.24) is 10.2 Å². The fourth-order valence-corrected chi connectivity index (χ4v) is 5.47. The van der Waals surface area contributed by atoms with E-state index in [1.54, 1.807) is 19.1 Å². The van der Waals surface area contributed by atoms with Gasteiger partial charge in [0, 0.05) is 31.6 Å². The van der Waals surface area contributed by atoms with Crippen LogP contribution >= 0.6 is 11.6 Å². The number of halogens is 1. The van der Waals surface area contributed by atoms with Crippen LogP contribution in [0.2, 0.25) is 5.02 Å². The Kier molecular flexibility index (Phi) is 9.60. The molecule has 0 bridgehead atoms. The second-order valence-corrected chi connectivity index (χ2v) is 10.4. The lowest BCUT2D eigenvalue weighted by Crippen LogP contribution is -2.66. The van der Waals surface area contributed by atoms with Crippen molar-refractivity contribution in [2.75, 3.05) is 34.0 Å². The van der Waals surface area contributed by atoms with Gasteiger partial charge in [-0.15, -0.1) is 0 Å². The van der Waals surface area contributed by atoms with Crippen molar-refractivity contribution in [2.45, 2.75) is 57.4 Å². The average molecular weight is 573 g/mol. The maximum atomic E-state index is 13.7. The highest BCUT2D eigenvalue weighted by Gasteiger charge is 2.53. The van der Waals surface area contributed by atoms with Gasteiger partial charge in [0.25, 0.3) is 0 Å². The second kappa shape index (κ2) is 12.9. The van der Waals surface area contributed by atoms with E-state index in [4.69, 9.17) is 30.5 Å². The second-order valence-electron chi connectivity index (χ2n) is 10.0. The normalized spacial score (nSPS) is 20.1. The minimum Gasteiger partial charge on any atom is -0.496 e. The number of hydrogen-bond donors (Lipinski definition) is 2. The number of carboxylic acids is 1. The molecule has 216 valence electrons. The van der Waals surface area contributed by atoms with Gasteiger partial charge in [0.15, 0.2) is 0 Å². The van der Waals surface area contributed by atoms with Crippen LogP contribution in [-0.4, -0.2) is 67.6 Å². The number of nitrogens with one attached hydrogen (secondary N) is 1. The van der Waals surface area contributed by atoms with Gasteiger partial charge in [-0.05, 0) is 37.5 Å². The molecule has 2 aromatic rings. The molecule has 2 amide bonds. The highest BCUT2D eigenvalue weighted by Crippen LogP contribution is 2.49. The summed E-state index contributed by atoms with van der Waals surface area (Å²) in [5.41, 5.74) is 2.10. The van der Waals surface area contributed by atoms with Crippen LogP contribution in [-0.2, 0) is 20.9 Å². The number of benzene rings is 2. The summed E-state index contributed by atoms with van der Waals surface area (Å²) in [6, 6.07) is 10.4. The van der Waals surface area contributed by atoms with Crippen LogP contribution < -0.4 is 14.8 Å². The van der Waals surface area contributed by atoms with Crippen molar-refractivity contribution in [1.29, 1.82) is 0 Å². The van der Waals surface area contributed by atoms with Gasteiger partial charge in [-0.1, -0.05) is 48.0 Å². The Hall–Kier alpha value is -3.27. The summed E-state index contributed by atoms with van der Waals surface area (Å²) < 4.78 is 22.8. The molecule has 9 nitrogen and oxygen atoms in total. The predicted molar refractivity (Wildman–Crippen MR) is 152 cm³/mol. The zero-order valence-electron chi connectivity index (χ0n) is 23.4. The third kappa shape index (κ3) is 6.37. The van der Waals surface area contributed by atoms with Gasteiger partial charge in [0.1, 0.15) is 17.0 Å². The largest absolute Gasteiger partial charge is 0.496 e. The first-order valence-corrected chi connectivity index (χ1v) is 13.8. The van der Waals surface area contributed by atoms with Gasteiger partial charge in [-0.25, -0.2) is 9.59 Å². The number of carbonyl (C=O) groups is 2. The molecule has 1 saturated carbocycles. The van der Waals surface area contributed by atoms with E-state index in [9.17, 15) is 14.7 Å². The minimum atomic E-state index is -1.40. The number of methoxy groups -OCH3 is 2. The highest BCUT2D eigenvalue weighted by molar-refractivity contribution is 6.33. The van der Waals surface area contributed by atoms with Crippen LogP contribution in [0.5, 0.6) is 11.5 Å². The third-order valence-corrected chi connectivity index (χ3v) is 7.83. The number of amides is 2. The summed E-state index contributed by atoms with van der Waals surface area (Å²) in [7, 11) is 3.12. The first-order valence-electron chi connectivity index (χ1n) is 13.4. The molecule has 2 aromatic carbocycles. The number of carbonyl (C=O) groups excluding carboxylic acids is 1. The number of rotatable bonds is 14. The fourth-order valence-electron chi connectivity index (χ4n) is 5.09. The standard InChI is InChI=1S/C30H37ClN2O7/c1-5-40-22-16-30(17-22,28(34)35)32-29(36)33(13-14-39-18-20-9-7-6-8-10-20)19(2)23-15-24(37-3)25(21-11-12-21)27(38-4)26(23)31/h6-11,15,19,22H,5,12-14,16-18H2,1-4H3,(H,32,36)(H,34,35)/t19-,22-,30-/m1/s1. The molecule has 0 saturated heterocycles. The number of ether oxygens (including phenoxy) is 4. The summed E-state index contributed by atoms with van der Waals surface area (Å²) >= 11 is 6.87. The Bertz CT molecular complexity index is 1240. The molecule has 2 N–H and O–H groups in total. The molecule has 0 spiro atoms. The van der Waals surface area contributed by atoms with E-state index < -0.39 is 23.6 Å². The maximum Gasteiger partial charge on any atom is 0.329 e. The van der Waals surface area contributed by atoms with Crippen LogP contribution in [0.3, 0.4) is 0 Å². The quantitative estimate of drug-likeness (QED) is 0.290. The molecule has 2 aliphatic rings. The number of carboxylic acid groups (broad SMARTS) is 1. The summed E-state index contributed by atoms with van der Waals surface area (Å²) in [6.45, 7) is 4.97. The van der Waals surface area contributed by atoms with Gasteiger partial charge >= 0.3 is 12.0 Å². The molecular formula is C30H37ClN2O7. The zero-order valence-corrected chi connectivity index (χ0v) is 24.1. The number of allylic oxidation sites excluding steroid dienone is 2. The maximum absolute atomic E-state index is 13.7. The van der Waals surface area contributed by atoms with Crippen LogP contribution in [0.1, 0.15) is 55.8 Å². The number of nitrogens with zero attached hydrogens (tertiary/aromatic N) is 1. The van der Waals surface area contributed by atoms with Crippen LogP contribution in [0.25, 0.3) is 5.57 Å². The van der Waals surface area contributed by atoms with Crippen molar-refractivity contribution >= 4 is 29.2 Å². The molecule has 0 heterocycles. The lowest BCUT2D eigenvalue weighted by atomic mass is 9.74. The van der Waals surface area contributed by atoms with Crippen LogP contribution in [0.15, 0.2) is 42.5 Å².